The van der Waals surface area contributed by atoms with E-state index in [1.165, 1.54) is 30.7 Å². The minimum atomic E-state index is -4.40. The topological polar surface area (TPSA) is 323 Å². The van der Waals surface area contributed by atoms with Crippen LogP contribution in [-0.2, 0) is 63.8 Å². The van der Waals surface area contributed by atoms with Gasteiger partial charge < -0.3 is 50.4 Å². The number of carboxylic acids is 1. The van der Waals surface area contributed by atoms with E-state index in [2.05, 4.69) is 51.2 Å². The lowest BCUT2D eigenvalue weighted by Crippen LogP contribution is -2.56. The summed E-state index contributed by atoms with van der Waals surface area (Å²) in [5, 5.41) is 25.1. The number of fused-ring (bicyclic) bond motifs is 6. The van der Waals surface area contributed by atoms with Crippen LogP contribution in [0.25, 0.3) is 44.5 Å². The van der Waals surface area contributed by atoms with Crippen LogP contribution in [0.5, 0.6) is 0 Å². The number of aliphatic carboxylic acids is 1. The van der Waals surface area contributed by atoms with Crippen LogP contribution in [0.2, 0.25) is 0 Å². The minimum absolute atomic E-state index is 0.0282. The first-order chi connectivity index (χ1) is 41.3. The zero-order chi connectivity index (χ0) is 60.4. The number of cyclic esters (lactones) is 1. The molecule has 1 unspecified atom stereocenters. The lowest BCUT2D eigenvalue weighted by molar-refractivity contribution is -0.191. The molecule has 23 nitrogen and oxygen atoms in total. The number of aromatic amines is 2. The van der Waals surface area contributed by atoms with Gasteiger partial charge in [0.05, 0.1) is 63.7 Å². The summed E-state index contributed by atoms with van der Waals surface area (Å²) in [7, 11) is -4.40. The number of aromatic nitrogens is 6. The standard InChI is InChI=1S/C61H56N12O11S2/c1-4-61(44-27-50-53-38(22-36-12-5-6-19-45(36)66-53)30-73(50)55(77)43(44)31-83-57(61)79)84-56(78)52(33(2)3)70-54(76)49(26-41-29-62-32-63-41)69-60(85)65-40-17-10-15-37(24-40)48(28-51(74)75)72-86(81,82)42-18-11-14-35(25-42)34-13-9-16-39(23-34)64-59(80)71-58-67-46-20-7-8-21-47(46)68-58/h5-25,27,29,32-33,48-49,52,72H,4,26,28,30-31H2,1-3H3,(H,62,63)(H,70,76)(H,74,75)(H2,65,69,85)(H3,64,67,68,71,80)/t48?,49-,52+,61-/m0/s1. The largest absolute Gasteiger partial charge is 0.481 e. The molecule has 438 valence electrons. The number of hydrogen-bond donors (Lipinski definition) is 9. The van der Waals surface area contributed by atoms with Crippen molar-refractivity contribution in [3.63, 3.8) is 0 Å². The third-order valence-corrected chi connectivity index (χ3v) is 16.6. The number of imidazole rings is 2. The van der Waals surface area contributed by atoms with E-state index in [1.54, 1.807) is 92.1 Å². The second kappa shape index (κ2) is 23.9. The lowest BCUT2D eigenvalue weighted by atomic mass is 9.85. The van der Waals surface area contributed by atoms with Crippen LogP contribution in [0.3, 0.4) is 0 Å². The predicted octanol–water partition coefficient (Wildman–Crippen LogP) is 7.77. The number of H-pyrrole nitrogens is 2. The van der Waals surface area contributed by atoms with Gasteiger partial charge in [0.1, 0.15) is 18.7 Å². The van der Waals surface area contributed by atoms with Gasteiger partial charge in [-0.2, -0.15) is 0 Å². The molecule has 0 bridgehead atoms. The Morgan fingerprint density at radius 2 is 1.57 bits per heavy atom. The average molecular weight is 1200 g/mol. The van der Waals surface area contributed by atoms with Crippen molar-refractivity contribution in [1.29, 1.82) is 0 Å². The Balaban J connectivity index is 0.775. The van der Waals surface area contributed by atoms with Crippen LogP contribution in [0.15, 0.2) is 156 Å². The van der Waals surface area contributed by atoms with Crippen molar-refractivity contribution in [3.8, 4) is 22.5 Å². The molecule has 0 radical (unpaired) electrons. The molecule has 2 aliphatic heterocycles. The number of carbonyl (C=O) groups is 5. The maximum atomic E-state index is 14.6. The van der Waals surface area contributed by atoms with E-state index < -0.39 is 81.5 Å². The molecule has 0 aliphatic carbocycles. The first-order valence-corrected chi connectivity index (χ1v) is 29.2. The van der Waals surface area contributed by atoms with Gasteiger partial charge in [-0.3, -0.25) is 19.7 Å². The summed E-state index contributed by atoms with van der Waals surface area (Å²) >= 11 is 5.74. The third kappa shape index (κ3) is 12.0. The number of thiocarbonyl (C=S) groups is 1. The van der Waals surface area contributed by atoms with Crippen LogP contribution in [-0.4, -0.2) is 90.1 Å². The summed E-state index contributed by atoms with van der Waals surface area (Å²) in [5.41, 5.74) is 4.34. The van der Waals surface area contributed by atoms with Gasteiger partial charge in [-0.05, 0) is 108 Å². The van der Waals surface area contributed by atoms with E-state index in [9.17, 15) is 42.3 Å². The Bertz CT molecular complexity index is 4330. The number of rotatable bonds is 19. The maximum Gasteiger partial charge on any atom is 0.355 e. The summed E-state index contributed by atoms with van der Waals surface area (Å²) in [6, 6.07) is 33.2. The number of esters is 2. The molecule has 6 heterocycles. The second-order valence-corrected chi connectivity index (χ2v) is 23.2. The van der Waals surface area contributed by atoms with Gasteiger partial charge >= 0.3 is 23.9 Å². The van der Waals surface area contributed by atoms with E-state index in [0.717, 1.165) is 16.5 Å². The van der Waals surface area contributed by atoms with Crippen LogP contribution >= 0.6 is 12.2 Å². The van der Waals surface area contributed by atoms with Crippen molar-refractivity contribution in [2.75, 3.05) is 16.0 Å². The fourth-order valence-electron chi connectivity index (χ4n) is 10.6. The summed E-state index contributed by atoms with van der Waals surface area (Å²) < 4.78 is 44.2. The fourth-order valence-corrected chi connectivity index (χ4v) is 12.1. The quantitative estimate of drug-likeness (QED) is 0.0276. The SMILES string of the molecule is CC[C@@]1(OC(=O)[C@H](NC(=O)[C@H](Cc2cnc[nH]2)NC(=S)Nc2cccc(C(CC(=O)O)NS(=O)(=O)c3cccc(-c4cccc(NC(=O)Nc5nc6ccccc6[nH]5)c4)c3)c2)C(C)C)C(=O)OCc2c1cc1n(c2=O)Cc2cc3ccccc3nc2-1. The molecular formula is C61H56N12O11S2. The molecule has 0 fully saturated rings. The number of benzene rings is 5. The molecule has 86 heavy (non-hydrogen) atoms. The molecule has 9 aromatic rings. The van der Waals surface area contributed by atoms with Crippen LogP contribution in [0.4, 0.5) is 22.1 Å². The highest BCUT2D eigenvalue weighted by molar-refractivity contribution is 7.89. The van der Waals surface area contributed by atoms with Crippen LogP contribution in [0, 0.1) is 5.92 Å². The number of nitrogens with one attached hydrogen (secondary N) is 8. The van der Waals surface area contributed by atoms with E-state index in [-0.39, 0.29) is 58.6 Å². The normalized spacial score (nSPS) is 15.3. The highest BCUT2D eigenvalue weighted by Gasteiger charge is 2.51. The molecule has 0 spiro atoms. The molecule has 4 aromatic heterocycles. The summed E-state index contributed by atoms with van der Waals surface area (Å²) in [6.45, 7) is 4.90. The molecule has 11 rings (SSSR count). The minimum Gasteiger partial charge on any atom is -0.481 e. The number of anilines is 3. The number of sulfonamides is 1. The Hall–Kier alpha value is -10.1. The Morgan fingerprint density at radius 3 is 2.31 bits per heavy atom. The van der Waals surface area contributed by atoms with Gasteiger partial charge in [-0.1, -0.05) is 87.5 Å². The summed E-state index contributed by atoms with van der Waals surface area (Å²) in [6.07, 6.45) is 2.14. The van der Waals surface area contributed by atoms with Crippen LogP contribution in [0.1, 0.15) is 67.6 Å². The zero-order valence-corrected chi connectivity index (χ0v) is 48.0. The van der Waals surface area contributed by atoms with Gasteiger partial charge in [-0.15, -0.1) is 0 Å². The lowest BCUT2D eigenvalue weighted by Gasteiger charge is -2.37. The summed E-state index contributed by atoms with van der Waals surface area (Å²) in [5.74, 6) is -4.20. The number of carboxylic acid groups (broad SMARTS) is 1. The molecule has 2 aliphatic rings. The first-order valence-electron chi connectivity index (χ1n) is 27.3. The smallest absolute Gasteiger partial charge is 0.355 e. The Kier molecular flexibility index (Phi) is 16.0. The van der Waals surface area contributed by atoms with Gasteiger partial charge in [0.2, 0.25) is 27.5 Å². The van der Waals surface area contributed by atoms with Gasteiger partial charge in [0.25, 0.3) is 5.56 Å². The number of pyridine rings is 2. The Labute approximate surface area is 496 Å². The molecule has 0 saturated heterocycles. The number of amides is 3. The summed E-state index contributed by atoms with van der Waals surface area (Å²) in [4.78, 5) is 102. The molecule has 4 atom stereocenters. The molecule has 3 amide bonds. The number of hydrogen-bond acceptors (Lipinski definition) is 14. The zero-order valence-electron chi connectivity index (χ0n) is 46.3. The number of nitrogens with zero attached hydrogens (tertiary/aromatic N) is 4. The average Bonchev–Trinajstić information content (AvgIpc) is 3.56. The number of urea groups is 1. The Morgan fingerprint density at radius 1 is 0.837 bits per heavy atom. The van der Waals surface area contributed by atoms with E-state index >= 15 is 0 Å². The van der Waals surface area contributed by atoms with Crippen molar-refractivity contribution in [1.82, 2.24) is 44.8 Å². The number of para-hydroxylation sites is 3. The van der Waals surface area contributed by atoms with Gasteiger partial charge in [0.15, 0.2) is 5.11 Å². The van der Waals surface area contributed by atoms with Gasteiger partial charge in [-0.25, -0.2) is 42.5 Å². The third-order valence-electron chi connectivity index (χ3n) is 14.9. The predicted molar refractivity (Wildman–Crippen MR) is 323 cm³/mol. The van der Waals surface area contributed by atoms with E-state index in [4.69, 9.17) is 26.7 Å². The molecular weight excluding hydrogens is 1140 g/mol. The fraction of sp³-hybridized carbons (Fsp3) is 0.213. The second-order valence-electron chi connectivity index (χ2n) is 21.0. The molecule has 25 heteroatoms. The molecule has 5 aromatic carbocycles. The van der Waals surface area contributed by atoms with E-state index in [1.807, 2.05) is 48.5 Å². The van der Waals surface area contributed by atoms with Gasteiger partial charge in [0, 0.05) is 46.2 Å². The van der Waals surface area contributed by atoms with Crippen molar-refractivity contribution < 1.29 is 47.0 Å². The van der Waals surface area contributed by atoms with Crippen molar-refractivity contribution in [2.24, 2.45) is 5.92 Å². The first kappa shape index (κ1) is 57.7. The molecule has 9 N–H and O–H groups in total. The van der Waals surface area contributed by atoms with Crippen LogP contribution < -0.4 is 36.9 Å². The number of carbonyl (C=O) groups excluding carboxylic acids is 4. The monoisotopic (exact) mass is 1200 g/mol. The van der Waals surface area contributed by atoms with Crippen molar-refractivity contribution in [3.05, 3.63) is 184 Å². The molecule has 0 saturated carbocycles. The highest BCUT2D eigenvalue weighted by Crippen LogP contribution is 2.41. The highest BCUT2D eigenvalue weighted by atomic mass is 32.2. The van der Waals surface area contributed by atoms with Crippen molar-refractivity contribution in [2.45, 2.75) is 81.8 Å². The maximum absolute atomic E-state index is 14.6. The number of ether oxygens (including phenoxy) is 2. The van der Waals surface area contributed by atoms with E-state index in [0.29, 0.717) is 50.6 Å². The van der Waals surface area contributed by atoms with Crippen molar-refractivity contribution >= 4 is 96.5 Å².